The molecular formula is C27H38N6O2. The minimum Gasteiger partial charge on any atom is -0.404 e. The Morgan fingerprint density at radius 1 is 1.20 bits per heavy atom. The molecular weight excluding hydrogens is 440 g/mol. The predicted octanol–water partition coefficient (Wildman–Crippen LogP) is 3.02. The Kier molecular flexibility index (Phi) is 9.45. The third-order valence-corrected chi connectivity index (χ3v) is 6.35. The monoisotopic (exact) mass is 478 g/mol. The summed E-state index contributed by atoms with van der Waals surface area (Å²) < 4.78 is 0. The third kappa shape index (κ3) is 7.09. The van der Waals surface area contributed by atoms with Crippen molar-refractivity contribution < 1.29 is 9.59 Å². The fraction of sp³-hybridized carbons (Fsp3) is 0.370. The van der Waals surface area contributed by atoms with E-state index in [0.717, 1.165) is 35.4 Å². The molecule has 1 aliphatic heterocycles. The largest absolute Gasteiger partial charge is 0.404 e. The number of amides is 2. The van der Waals surface area contributed by atoms with Gasteiger partial charge >= 0.3 is 0 Å². The lowest BCUT2D eigenvalue weighted by Crippen LogP contribution is -2.25. The number of hydrogen-bond donors (Lipinski definition) is 4. The highest BCUT2D eigenvalue weighted by Gasteiger charge is 2.32. The van der Waals surface area contributed by atoms with Crippen LogP contribution in [-0.2, 0) is 4.79 Å². The minimum absolute atomic E-state index is 0.247. The number of hydrogen-bond acceptors (Lipinski definition) is 6. The molecule has 188 valence electrons. The van der Waals surface area contributed by atoms with Crippen LogP contribution in [-0.4, -0.2) is 37.4 Å². The molecule has 8 heteroatoms. The zero-order valence-corrected chi connectivity index (χ0v) is 21.3. The van der Waals surface area contributed by atoms with E-state index in [1.807, 2.05) is 12.1 Å². The predicted molar refractivity (Wildman–Crippen MR) is 143 cm³/mol. The average molecular weight is 479 g/mol. The topological polar surface area (TPSA) is 140 Å². The van der Waals surface area contributed by atoms with Crippen molar-refractivity contribution in [2.45, 2.75) is 34.1 Å². The molecule has 0 bridgehead atoms. The van der Waals surface area contributed by atoms with E-state index in [4.69, 9.17) is 16.3 Å². The number of aryl methyl sites for hydroxylation is 1. The van der Waals surface area contributed by atoms with Gasteiger partial charge in [0.15, 0.2) is 0 Å². The second kappa shape index (κ2) is 12.1. The Morgan fingerprint density at radius 3 is 2.46 bits per heavy atom. The number of nitrogens with two attached hydrogens (primary N) is 3. The van der Waals surface area contributed by atoms with Crippen LogP contribution in [0.1, 0.15) is 54.4 Å². The number of benzene rings is 1. The van der Waals surface area contributed by atoms with Gasteiger partial charge in [0.1, 0.15) is 5.69 Å². The van der Waals surface area contributed by atoms with Gasteiger partial charge < -0.3 is 27.4 Å². The summed E-state index contributed by atoms with van der Waals surface area (Å²) in [5.41, 5.74) is 22.7. The summed E-state index contributed by atoms with van der Waals surface area (Å²) in [6.45, 7) is 11.1. The molecule has 0 aliphatic carbocycles. The number of allylic oxidation sites excluding steroid dienone is 2. The highest BCUT2D eigenvalue weighted by atomic mass is 16.1. The Bertz CT molecular complexity index is 1100. The SMILES string of the molecule is CNC(=O)c1cc(C(/C=C(\N)c2cc(N3CCC(C(C)(C)C)C3)ccc2C)=C/N)ccn1.NC=O. The molecule has 2 amide bonds. The van der Waals surface area contributed by atoms with Crippen molar-refractivity contribution in [3.63, 3.8) is 0 Å². The van der Waals surface area contributed by atoms with Crippen LogP contribution in [0.2, 0.25) is 0 Å². The van der Waals surface area contributed by atoms with Crippen molar-refractivity contribution >= 4 is 29.3 Å². The van der Waals surface area contributed by atoms with Crippen LogP contribution in [0.25, 0.3) is 11.3 Å². The molecule has 3 rings (SSSR count). The van der Waals surface area contributed by atoms with Gasteiger partial charge in [0, 0.05) is 49.5 Å². The molecule has 1 unspecified atom stereocenters. The van der Waals surface area contributed by atoms with Crippen molar-refractivity contribution in [1.29, 1.82) is 0 Å². The molecule has 8 nitrogen and oxygen atoms in total. The molecule has 0 saturated carbocycles. The molecule has 7 N–H and O–H groups in total. The van der Waals surface area contributed by atoms with Gasteiger partial charge in [0.25, 0.3) is 5.91 Å². The second-order valence-electron chi connectivity index (χ2n) is 9.66. The van der Waals surface area contributed by atoms with Gasteiger partial charge in [0.05, 0.1) is 0 Å². The first kappa shape index (κ1) is 27.4. The lowest BCUT2D eigenvalue weighted by Gasteiger charge is -2.27. The maximum absolute atomic E-state index is 11.9. The normalized spacial score (nSPS) is 16.4. The number of anilines is 1. The van der Waals surface area contributed by atoms with E-state index in [-0.39, 0.29) is 12.3 Å². The number of pyridine rings is 1. The zero-order valence-electron chi connectivity index (χ0n) is 21.3. The second-order valence-corrected chi connectivity index (χ2v) is 9.66. The summed E-state index contributed by atoms with van der Waals surface area (Å²) in [5, 5.41) is 2.59. The minimum atomic E-state index is -0.247. The van der Waals surface area contributed by atoms with Crippen LogP contribution < -0.4 is 27.4 Å². The smallest absolute Gasteiger partial charge is 0.269 e. The van der Waals surface area contributed by atoms with Gasteiger partial charge in [-0.15, -0.1) is 0 Å². The Labute approximate surface area is 208 Å². The van der Waals surface area contributed by atoms with E-state index in [1.54, 1.807) is 19.3 Å². The fourth-order valence-electron chi connectivity index (χ4n) is 4.15. The Morgan fingerprint density at radius 2 is 1.89 bits per heavy atom. The summed E-state index contributed by atoms with van der Waals surface area (Å²) in [7, 11) is 1.58. The number of rotatable bonds is 5. The van der Waals surface area contributed by atoms with Gasteiger partial charge in [-0.2, -0.15) is 0 Å². The molecule has 1 atom stereocenters. The summed E-state index contributed by atoms with van der Waals surface area (Å²) in [6, 6.07) is 9.99. The van der Waals surface area contributed by atoms with Crippen molar-refractivity contribution in [3.8, 4) is 0 Å². The van der Waals surface area contributed by atoms with Crippen molar-refractivity contribution in [1.82, 2.24) is 10.3 Å². The Balaban J connectivity index is 0.00000137. The molecule has 35 heavy (non-hydrogen) atoms. The van der Waals surface area contributed by atoms with Gasteiger partial charge in [0.2, 0.25) is 6.41 Å². The summed E-state index contributed by atoms with van der Waals surface area (Å²) in [5.74, 6) is 0.427. The first-order valence-electron chi connectivity index (χ1n) is 11.6. The first-order chi connectivity index (χ1) is 16.5. The number of carbonyl (C=O) groups is 2. The van der Waals surface area contributed by atoms with Crippen molar-refractivity contribution in [3.05, 3.63) is 71.2 Å². The van der Waals surface area contributed by atoms with Crippen LogP contribution >= 0.6 is 0 Å². The molecule has 0 spiro atoms. The van der Waals surface area contributed by atoms with Gasteiger partial charge in [-0.25, -0.2) is 0 Å². The van der Waals surface area contributed by atoms with Crippen LogP contribution in [0.3, 0.4) is 0 Å². The van der Waals surface area contributed by atoms with Crippen LogP contribution in [0.15, 0.2) is 48.8 Å². The molecule has 1 aromatic heterocycles. The third-order valence-electron chi connectivity index (χ3n) is 6.35. The van der Waals surface area contributed by atoms with Gasteiger partial charge in [-0.3, -0.25) is 14.6 Å². The van der Waals surface area contributed by atoms with E-state index >= 15 is 0 Å². The van der Waals surface area contributed by atoms with Crippen LogP contribution in [0.5, 0.6) is 0 Å². The van der Waals surface area contributed by atoms with E-state index in [0.29, 0.717) is 22.7 Å². The molecule has 1 saturated heterocycles. The molecule has 1 aliphatic rings. The molecule has 2 heterocycles. The summed E-state index contributed by atoms with van der Waals surface area (Å²) in [6.07, 6.45) is 6.41. The lowest BCUT2D eigenvalue weighted by atomic mass is 9.80. The molecule has 1 aromatic carbocycles. The number of nitrogens with zero attached hydrogens (tertiary/aromatic N) is 2. The highest BCUT2D eigenvalue weighted by molar-refractivity contribution is 5.93. The van der Waals surface area contributed by atoms with E-state index in [9.17, 15) is 4.79 Å². The highest BCUT2D eigenvalue weighted by Crippen LogP contribution is 2.36. The van der Waals surface area contributed by atoms with Crippen LogP contribution in [0, 0.1) is 18.3 Å². The van der Waals surface area contributed by atoms with Crippen molar-refractivity contribution in [2.75, 3.05) is 25.0 Å². The number of aromatic nitrogens is 1. The van der Waals surface area contributed by atoms with Gasteiger partial charge in [-0.05, 0) is 71.7 Å². The molecule has 2 aromatic rings. The molecule has 0 radical (unpaired) electrons. The van der Waals surface area contributed by atoms with E-state index in [1.165, 1.54) is 18.3 Å². The summed E-state index contributed by atoms with van der Waals surface area (Å²) >= 11 is 0. The summed E-state index contributed by atoms with van der Waals surface area (Å²) in [4.78, 5) is 27.1. The quantitative estimate of drug-likeness (QED) is 0.385. The van der Waals surface area contributed by atoms with E-state index < -0.39 is 0 Å². The zero-order chi connectivity index (χ0) is 26.2. The molecule has 1 fully saturated rings. The Hall–Kier alpha value is -3.81. The van der Waals surface area contributed by atoms with Gasteiger partial charge in [-0.1, -0.05) is 26.8 Å². The fourth-order valence-corrected chi connectivity index (χ4v) is 4.15. The standard InChI is InChI=1S/C26H35N5O.CH3NO/c1-17-6-7-21(31-11-9-20(16-31)26(2,3)4)14-22(17)23(28)12-19(15-27)18-8-10-30-24(13-18)25(32)29-5;2-1-3/h6-8,10,12-15,20H,9,11,16,27-28H2,1-5H3,(H,29,32);1H,(H2,2,3)/b19-15+,23-12-;. The van der Waals surface area contributed by atoms with Crippen molar-refractivity contribution in [2.24, 2.45) is 28.5 Å². The number of carbonyl (C=O) groups excluding carboxylic acids is 2. The maximum atomic E-state index is 11.9. The number of nitrogens with one attached hydrogen (secondary N) is 1. The maximum Gasteiger partial charge on any atom is 0.269 e. The average Bonchev–Trinajstić information content (AvgIpc) is 3.34. The van der Waals surface area contributed by atoms with E-state index in [2.05, 4.69) is 66.8 Å². The number of primary amides is 1. The van der Waals surface area contributed by atoms with Crippen LogP contribution in [0.4, 0.5) is 5.69 Å². The lowest BCUT2D eigenvalue weighted by molar-refractivity contribution is -0.106. The first-order valence-corrected chi connectivity index (χ1v) is 11.6.